The molecule has 0 saturated heterocycles. The van der Waals surface area contributed by atoms with Crippen molar-refractivity contribution in [3.05, 3.63) is 90.5 Å². The first-order chi connectivity index (χ1) is 16.6. The zero-order valence-electron chi connectivity index (χ0n) is 19.0. The normalized spacial score (nSPS) is 16.5. The summed E-state index contributed by atoms with van der Waals surface area (Å²) in [5, 5.41) is 1.11. The van der Waals surface area contributed by atoms with E-state index in [9.17, 15) is 0 Å². The van der Waals surface area contributed by atoms with Gasteiger partial charge in [0, 0.05) is 16.8 Å². The molecule has 0 aromatic heterocycles. The number of aliphatic imine (C=N–C) groups is 1. The molecule has 7 rings (SSSR count). The number of thioether (sulfide) groups is 1. The van der Waals surface area contributed by atoms with Gasteiger partial charge < -0.3 is 9.47 Å². The predicted molar refractivity (Wildman–Crippen MR) is 143 cm³/mol. The summed E-state index contributed by atoms with van der Waals surface area (Å²) < 4.78 is 12.9. The molecule has 0 fully saturated rings. The Hall–Kier alpha value is -3.44. The second kappa shape index (κ2) is 7.28. The number of hydrogen-bond acceptors (Lipinski definition) is 4. The average molecular weight is 459 g/mol. The van der Waals surface area contributed by atoms with E-state index >= 15 is 0 Å². The summed E-state index contributed by atoms with van der Waals surface area (Å²) in [4.78, 5) is 4.93. The number of para-hydroxylation sites is 2. The molecule has 3 aliphatic heterocycles. The SMILES string of the molecule is CC1(C)CSC(c2cccc(-c3cc4c5c(c3)Oc3ccccc3B5c3ccccc3O4)c2)=N1. The van der Waals surface area contributed by atoms with Crippen molar-refractivity contribution in [1.29, 1.82) is 0 Å². The molecule has 0 atom stereocenters. The van der Waals surface area contributed by atoms with Gasteiger partial charge in [0.15, 0.2) is 0 Å². The van der Waals surface area contributed by atoms with Gasteiger partial charge in [0.1, 0.15) is 23.0 Å². The zero-order chi connectivity index (χ0) is 22.9. The minimum absolute atomic E-state index is 0.0104. The molecule has 5 heteroatoms. The van der Waals surface area contributed by atoms with Crippen LogP contribution in [0.25, 0.3) is 11.1 Å². The average Bonchev–Trinajstić information content (AvgIpc) is 3.23. The summed E-state index contributed by atoms with van der Waals surface area (Å²) in [6.45, 7) is 4.48. The van der Waals surface area contributed by atoms with Gasteiger partial charge in [-0.15, -0.1) is 11.8 Å². The van der Waals surface area contributed by atoms with Gasteiger partial charge >= 0.3 is 0 Å². The first kappa shape index (κ1) is 20.0. The van der Waals surface area contributed by atoms with Crippen LogP contribution in [0.15, 0.2) is 89.9 Å². The maximum atomic E-state index is 6.45. The topological polar surface area (TPSA) is 30.8 Å². The molecule has 3 heterocycles. The molecule has 0 aliphatic carbocycles. The van der Waals surface area contributed by atoms with E-state index in [4.69, 9.17) is 14.5 Å². The summed E-state index contributed by atoms with van der Waals surface area (Å²) in [6.07, 6.45) is 0. The maximum Gasteiger partial charge on any atom is 0.260 e. The molecule has 0 unspecified atom stereocenters. The third-order valence-corrected chi connectivity index (χ3v) is 8.15. The van der Waals surface area contributed by atoms with Crippen LogP contribution in [-0.2, 0) is 0 Å². The predicted octanol–water partition coefficient (Wildman–Crippen LogP) is 5.35. The standard InChI is InChI=1S/C29H22BNO2S/c1-29(2)17-34-28(31-29)19-9-7-8-18(14-19)20-15-25-27-26(16-20)33-24-13-6-4-11-22(24)30(27)21-10-3-5-12-23(21)32-25/h3-16H,17H2,1-2H3. The Labute approximate surface area is 203 Å². The molecule has 164 valence electrons. The summed E-state index contributed by atoms with van der Waals surface area (Å²) >= 11 is 1.83. The van der Waals surface area contributed by atoms with Crippen molar-refractivity contribution < 1.29 is 9.47 Å². The highest BCUT2D eigenvalue weighted by Gasteiger charge is 2.40. The fraction of sp³-hybridized carbons (Fsp3) is 0.138. The first-order valence-corrected chi connectivity index (χ1v) is 12.6. The van der Waals surface area contributed by atoms with E-state index in [1.807, 2.05) is 23.9 Å². The minimum Gasteiger partial charge on any atom is -0.458 e. The van der Waals surface area contributed by atoms with E-state index in [-0.39, 0.29) is 12.3 Å². The van der Waals surface area contributed by atoms with Crippen LogP contribution in [0.3, 0.4) is 0 Å². The molecule has 4 aromatic rings. The van der Waals surface area contributed by atoms with E-state index < -0.39 is 0 Å². The molecular weight excluding hydrogens is 437 g/mol. The lowest BCUT2D eigenvalue weighted by molar-refractivity contribution is 0.465. The molecule has 0 spiro atoms. The molecule has 0 bridgehead atoms. The molecule has 3 nitrogen and oxygen atoms in total. The highest BCUT2D eigenvalue weighted by Crippen LogP contribution is 2.39. The van der Waals surface area contributed by atoms with Crippen molar-refractivity contribution in [3.8, 4) is 34.1 Å². The Balaban J connectivity index is 1.38. The third-order valence-electron chi connectivity index (χ3n) is 6.70. The molecule has 4 aromatic carbocycles. The van der Waals surface area contributed by atoms with Gasteiger partial charge in [-0.25, -0.2) is 0 Å². The van der Waals surface area contributed by atoms with Crippen molar-refractivity contribution in [3.63, 3.8) is 0 Å². The number of benzene rings is 4. The fourth-order valence-electron chi connectivity index (χ4n) is 5.12. The zero-order valence-corrected chi connectivity index (χ0v) is 19.9. The van der Waals surface area contributed by atoms with Gasteiger partial charge in [-0.2, -0.15) is 0 Å². The molecule has 34 heavy (non-hydrogen) atoms. The van der Waals surface area contributed by atoms with Crippen LogP contribution in [0.4, 0.5) is 0 Å². The Kier molecular flexibility index (Phi) is 4.28. The summed E-state index contributed by atoms with van der Waals surface area (Å²) in [5.41, 5.74) is 6.83. The van der Waals surface area contributed by atoms with E-state index in [1.165, 1.54) is 10.9 Å². The van der Waals surface area contributed by atoms with Crippen LogP contribution >= 0.6 is 11.8 Å². The monoisotopic (exact) mass is 459 g/mol. The Bertz CT molecular complexity index is 1440. The highest BCUT2D eigenvalue weighted by atomic mass is 32.2. The smallest absolute Gasteiger partial charge is 0.260 e. The summed E-state index contributed by atoms with van der Waals surface area (Å²) in [7, 11) is 0. The van der Waals surface area contributed by atoms with Crippen LogP contribution in [0.2, 0.25) is 0 Å². The highest BCUT2D eigenvalue weighted by molar-refractivity contribution is 8.14. The number of ether oxygens (including phenoxy) is 2. The van der Waals surface area contributed by atoms with Crippen molar-refractivity contribution >= 4 is 39.9 Å². The van der Waals surface area contributed by atoms with Crippen LogP contribution in [-0.4, -0.2) is 23.0 Å². The van der Waals surface area contributed by atoms with E-state index in [1.54, 1.807) is 0 Å². The lowest BCUT2D eigenvalue weighted by Crippen LogP contribution is -2.57. The minimum atomic E-state index is -0.0104. The van der Waals surface area contributed by atoms with Crippen LogP contribution in [0.1, 0.15) is 19.4 Å². The summed E-state index contributed by atoms with van der Waals surface area (Å²) in [5.74, 6) is 4.56. The van der Waals surface area contributed by atoms with Crippen molar-refractivity contribution in [2.75, 3.05) is 5.75 Å². The quantitative estimate of drug-likeness (QED) is 0.327. The fourth-order valence-corrected chi connectivity index (χ4v) is 6.28. The number of hydrogen-bond donors (Lipinski definition) is 0. The van der Waals surface area contributed by atoms with Gasteiger partial charge in [-0.05, 0) is 66.2 Å². The maximum absolute atomic E-state index is 6.45. The lowest BCUT2D eigenvalue weighted by Gasteiger charge is -2.33. The second-order valence-electron chi connectivity index (χ2n) is 9.70. The van der Waals surface area contributed by atoms with E-state index in [0.717, 1.165) is 55.9 Å². The molecular formula is C29H22BNO2S. The lowest BCUT2D eigenvalue weighted by atomic mass is 9.35. The molecule has 0 radical (unpaired) electrons. The van der Waals surface area contributed by atoms with Crippen LogP contribution in [0, 0.1) is 0 Å². The summed E-state index contributed by atoms with van der Waals surface area (Å²) in [6, 6.07) is 29.6. The first-order valence-electron chi connectivity index (χ1n) is 11.6. The Morgan fingerprint density at radius 2 is 1.32 bits per heavy atom. The largest absolute Gasteiger partial charge is 0.458 e. The number of fused-ring (bicyclic) bond motifs is 4. The van der Waals surface area contributed by atoms with Gasteiger partial charge in [-0.1, -0.05) is 54.6 Å². The number of nitrogens with zero attached hydrogens (tertiary/aromatic N) is 1. The Morgan fingerprint density at radius 3 is 1.94 bits per heavy atom. The second-order valence-corrected chi connectivity index (χ2v) is 10.7. The van der Waals surface area contributed by atoms with Crippen LogP contribution in [0.5, 0.6) is 23.0 Å². The van der Waals surface area contributed by atoms with E-state index in [2.05, 4.69) is 86.6 Å². The van der Waals surface area contributed by atoms with Gasteiger partial charge in [0.25, 0.3) is 6.71 Å². The molecule has 0 amide bonds. The third kappa shape index (κ3) is 3.11. The van der Waals surface area contributed by atoms with Gasteiger partial charge in [0.2, 0.25) is 0 Å². The molecule has 0 saturated carbocycles. The van der Waals surface area contributed by atoms with Crippen molar-refractivity contribution in [2.45, 2.75) is 19.4 Å². The molecule has 0 N–H and O–H groups in total. The molecule has 3 aliphatic rings. The van der Waals surface area contributed by atoms with Crippen LogP contribution < -0.4 is 25.9 Å². The van der Waals surface area contributed by atoms with Crippen molar-refractivity contribution in [1.82, 2.24) is 0 Å². The number of rotatable bonds is 2. The van der Waals surface area contributed by atoms with Gasteiger partial charge in [-0.3, -0.25) is 4.99 Å². The van der Waals surface area contributed by atoms with E-state index in [0.29, 0.717) is 0 Å². The Morgan fingerprint density at radius 1 is 0.706 bits per heavy atom. The van der Waals surface area contributed by atoms with Gasteiger partial charge in [0.05, 0.1) is 10.6 Å². The van der Waals surface area contributed by atoms with Crippen molar-refractivity contribution in [2.24, 2.45) is 4.99 Å².